The lowest BCUT2D eigenvalue weighted by molar-refractivity contribution is 0.212. The highest BCUT2D eigenvalue weighted by molar-refractivity contribution is 5.36. The molecule has 0 radical (unpaired) electrons. The Bertz CT molecular complexity index is 568. The lowest BCUT2D eigenvalue weighted by Gasteiger charge is -2.19. The Balaban J connectivity index is 2.26. The average molecular weight is 259 g/mol. The zero-order chi connectivity index (χ0) is 13.8. The third-order valence-electron chi connectivity index (χ3n) is 3.05. The predicted octanol–water partition coefficient (Wildman–Crippen LogP) is 3.52. The van der Waals surface area contributed by atoms with Crippen molar-refractivity contribution in [3.63, 3.8) is 0 Å². The first-order valence-corrected chi connectivity index (χ1v) is 6.29. The van der Waals surface area contributed by atoms with Gasteiger partial charge in [0, 0.05) is 6.54 Å². The van der Waals surface area contributed by atoms with E-state index in [2.05, 4.69) is 0 Å². The zero-order valence-corrected chi connectivity index (χ0v) is 11.2. The van der Waals surface area contributed by atoms with E-state index < -0.39 is 0 Å². The van der Waals surface area contributed by atoms with Gasteiger partial charge in [-0.25, -0.2) is 4.39 Å². The first-order valence-electron chi connectivity index (χ1n) is 6.29. The topological polar surface area (TPSA) is 35.2 Å². The number of hydrogen-bond donors (Lipinski definition) is 1. The van der Waals surface area contributed by atoms with Crippen LogP contribution in [-0.4, -0.2) is 6.54 Å². The van der Waals surface area contributed by atoms with Crippen LogP contribution in [0.3, 0.4) is 0 Å². The Labute approximate surface area is 113 Å². The summed E-state index contributed by atoms with van der Waals surface area (Å²) in [6.07, 6.45) is -0.337. The second kappa shape index (κ2) is 5.85. The van der Waals surface area contributed by atoms with Gasteiger partial charge in [0.25, 0.3) is 0 Å². The standard InChI is InChI=1S/C16H18FNO/c1-11-6-7-12(2)15(8-11)19-16(10-18)13-4-3-5-14(17)9-13/h3-9,16H,10,18H2,1-2H3. The predicted molar refractivity (Wildman–Crippen MR) is 74.7 cm³/mol. The fraction of sp³-hybridized carbons (Fsp3) is 0.250. The minimum atomic E-state index is -0.337. The van der Waals surface area contributed by atoms with Gasteiger partial charge in [-0.15, -0.1) is 0 Å². The first-order chi connectivity index (χ1) is 9.10. The molecule has 0 bridgehead atoms. The zero-order valence-electron chi connectivity index (χ0n) is 11.2. The molecule has 0 spiro atoms. The normalized spacial score (nSPS) is 12.2. The molecule has 0 saturated carbocycles. The maximum Gasteiger partial charge on any atom is 0.136 e. The van der Waals surface area contributed by atoms with Gasteiger partial charge >= 0.3 is 0 Å². The van der Waals surface area contributed by atoms with Crippen molar-refractivity contribution in [2.45, 2.75) is 20.0 Å². The molecule has 0 amide bonds. The van der Waals surface area contributed by atoms with Crippen LogP contribution in [0.4, 0.5) is 4.39 Å². The number of aryl methyl sites for hydroxylation is 2. The Morgan fingerprint density at radius 2 is 1.95 bits per heavy atom. The van der Waals surface area contributed by atoms with Crippen molar-refractivity contribution in [2.75, 3.05) is 6.54 Å². The van der Waals surface area contributed by atoms with Crippen LogP contribution in [0.2, 0.25) is 0 Å². The summed E-state index contributed by atoms with van der Waals surface area (Å²) in [7, 11) is 0. The summed E-state index contributed by atoms with van der Waals surface area (Å²) in [6.45, 7) is 4.29. The Morgan fingerprint density at radius 1 is 1.16 bits per heavy atom. The smallest absolute Gasteiger partial charge is 0.136 e. The molecule has 2 rings (SSSR count). The van der Waals surface area contributed by atoms with Gasteiger partial charge in [0.05, 0.1) is 0 Å². The molecule has 0 aliphatic heterocycles. The van der Waals surface area contributed by atoms with Crippen LogP contribution in [0.1, 0.15) is 22.8 Å². The Morgan fingerprint density at radius 3 is 2.63 bits per heavy atom. The maximum absolute atomic E-state index is 13.2. The van der Waals surface area contributed by atoms with Crippen LogP contribution in [0.25, 0.3) is 0 Å². The molecule has 3 heteroatoms. The van der Waals surface area contributed by atoms with E-state index in [-0.39, 0.29) is 11.9 Å². The van der Waals surface area contributed by atoms with Crippen LogP contribution in [0.5, 0.6) is 5.75 Å². The molecule has 2 nitrogen and oxygen atoms in total. The van der Waals surface area contributed by atoms with Crippen LogP contribution >= 0.6 is 0 Å². The minimum Gasteiger partial charge on any atom is -0.484 e. The van der Waals surface area contributed by atoms with E-state index in [1.54, 1.807) is 6.07 Å². The monoisotopic (exact) mass is 259 g/mol. The third-order valence-corrected chi connectivity index (χ3v) is 3.05. The minimum absolute atomic E-state index is 0.277. The maximum atomic E-state index is 13.2. The largest absolute Gasteiger partial charge is 0.484 e. The molecule has 2 aromatic carbocycles. The fourth-order valence-electron chi connectivity index (χ4n) is 1.95. The van der Waals surface area contributed by atoms with E-state index >= 15 is 0 Å². The van der Waals surface area contributed by atoms with Gasteiger partial charge in [-0.2, -0.15) is 0 Å². The highest BCUT2D eigenvalue weighted by atomic mass is 19.1. The summed E-state index contributed by atoms with van der Waals surface area (Å²) in [5.41, 5.74) is 8.66. The van der Waals surface area contributed by atoms with Crippen molar-refractivity contribution in [1.29, 1.82) is 0 Å². The molecular formula is C16H18FNO. The fourth-order valence-corrected chi connectivity index (χ4v) is 1.95. The van der Waals surface area contributed by atoms with Crippen molar-refractivity contribution >= 4 is 0 Å². The van der Waals surface area contributed by atoms with Crippen LogP contribution in [0, 0.1) is 19.7 Å². The van der Waals surface area contributed by atoms with Gasteiger partial charge < -0.3 is 10.5 Å². The van der Waals surface area contributed by atoms with Gasteiger partial charge in [0.1, 0.15) is 17.7 Å². The summed E-state index contributed by atoms with van der Waals surface area (Å²) >= 11 is 0. The molecule has 0 aromatic heterocycles. The van der Waals surface area contributed by atoms with Gasteiger partial charge in [-0.05, 0) is 48.7 Å². The van der Waals surface area contributed by atoms with Gasteiger partial charge in [0.15, 0.2) is 0 Å². The summed E-state index contributed by atoms with van der Waals surface area (Å²) in [6, 6.07) is 12.4. The molecule has 1 unspecified atom stereocenters. The van der Waals surface area contributed by atoms with E-state index in [0.717, 1.165) is 22.4 Å². The van der Waals surface area contributed by atoms with Crippen molar-refractivity contribution in [2.24, 2.45) is 5.73 Å². The molecule has 19 heavy (non-hydrogen) atoms. The lowest BCUT2D eigenvalue weighted by Crippen LogP contribution is -2.19. The molecule has 0 saturated heterocycles. The van der Waals surface area contributed by atoms with Gasteiger partial charge in [-0.1, -0.05) is 24.3 Å². The number of rotatable bonds is 4. The Hall–Kier alpha value is -1.87. The van der Waals surface area contributed by atoms with Gasteiger partial charge in [-0.3, -0.25) is 0 Å². The SMILES string of the molecule is Cc1ccc(C)c(OC(CN)c2cccc(F)c2)c1. The molecule has 1 atom stereocenters. The molecule has 0 heterocycles. The summed E-state index contributed by atoms with van der Waals surface area (Å²) in [4.78, 5) is 0. The summed E-state index contributed by atoms with van der Waals surface area (Å²) < 4.78 is 19.2. The van der Waals surface area contributed by atoms with Crippen molar-refractivity contribution in [1.82, 2.24) is 0 Å². The number of hydrogen-bond acceptors (Lipinski definition) is 2. The molecule has 0 aliphatic carbocycles. The summed E-state index contributed by atoms with van der Waals surface area (Å²) in [5, 5.41) is 0. The van der Waals surface area contributed by atoms with E-state index in [1.165, 1.54) is 12.1 Å². The molecule has 0 fully saturated rings. The van der Waals surface area contributed by atoms with E-state index in [0.29, 0.717) is 6.54 Å². The molecular weight excluding hydrogens is 241 g/mol. The highest BCUT2D eigenvalue weighted by Gasteiger charge is 2.13. The molecule has 2 aromatic rings. The Kier molecular flexibility index (Phi) is 4.17. The number of ether oxygens (including phenoxy) is 1. The highest BCUT2D eigenvalue weighted by Crippen LogP contribution is 2.26. The lowest BCUT2D eigenvalue weighted by atomic mass is 10.1. The average Bonchev–Trinajstić information content (AvgIpc) is 2.39. The molecule has 0 aliphatic rings. The summed E-state index contributed by atoms with van der Waals surface area (Å²) in [5.74, 6) is 0.514. The number of benzene rings is 2. The van der Waals surface area contributed by atoms with Crippen molar-refractivity contribution in [3.05, 3.63) is 65.0 Å². The second-order valence-corrected chi connectivity index (χ2v) is 4.67. The van der Waals surface area contributed by atoms with E-state index in [4.69, 9.17) is 10.5 Å². The number of halogens is 1. The molecule has 100 valence electrons. The van der Waals surface area contributed by atoms with E-state index in [9.17, 15) is 4.39 Å². The molecule has 2 N–H and O–H groups in total. The van der Waals surface area contributed by atoms with E-state index in [1.807, 2.05) is 38.1 Å². The van der Waals surface area contributed by atoms with Gasteiger partial charge in [0.2, 0.25) is 0 Å². The van der Waals surface area contributed by atoms with Crippen LogP contribution in [0.15, 0.2) is 42.5 Å². The number of nitrogens with two attached hydrogens (primary N) is 1. The van der Waals surface area contributed by atoms with Crippen LogP contribution in [-0.2, 0) is 0 Å². The first kappa shape index (κ1) is 13.6. The van der Waals surface area contributed by atoms with Crippen LogP contribution < -0.4 is 10.5 Å². The van der Waals surface area contributed by atoms with Crippen molar-refractivity contribution < 1.29 is 9.13 Å². The van der Waals surface area contributed by atoms with Crippen molar-refractivity contribution in [3.8, 4) is 5.75 Å². The third kappa shape index (κ3) is 3.32. The quantitative estimate of drug-likeness (QED) is 0.911. The second-order valence-electron chi connectivity index (χ2n) is 4.67.